The lowest BCUT2D eigenvalue weighted by Gasteiger charge is -2.10. The number of rotatable bonds is 4. The molecule has 0 bridgehead atoms. The van der Waals surface area contributed by atoms with Crippen molar-refractivity contribution < 1.29 is 13.3 Å². The van der Waals surface area contributed by atoms with E-state index in [9.17, 15) is 18.5 Å². The van der Waals surface area contributed by atoms with Gasteiger partial charge in [0, 0.05) is 24.7 Å². The molecule has 0 amide bonds. The van der Waals surface area contributed by atoms with Crippen LogP contribution in [0.4, 0.5) is 5.69 Å². The van der Waals surface area contributed by atoms with Gasteiger partial charge >= 0.3 is 0 Å². The Balaban J connectivity index is 1.89. The monoisotopic (exact) mass is 270 g/mol. The summed E-state index contributed by atoms with van der Waals surface area (Å²) >= 11 is 0. The van der Waals surface area contributed by atoms with Crippen LogP contribution in [0.25, 0.3) is 0 Å². The number of hydrogen-bond donors (Lipinski definition) is 1. The van der Waals surface area contributed by atoms with E-state index >= 15 is 0 Å². The Kier molecular flexibility index (Phi) is 3.63. The van der Waals surface area contributed by atoms with E-state index in [1.54, 1.807) is 12.1 Å². The molecule has 1 fully saturated rings. The number of hydrogen-bond acceptors (Lipinski definition) is 5. The molecular formula is C11H14N2O4S. The van der Waals surface area contributed by atoms with Crippen molar-refractivity contribution in [2.24, 2.45) is 0 Å². The maximum absolute atomic E-state index is 11.3. The van der Waals surface area contributed by atoms with Crippen LogP contribution in [0, 0.1) is 10.1 Å². The number of benzene rings is 1. The molecule has 0 aliphatic carbocycles. The van der Waals surface area contributed by atoms with Crippen molar-refractivity contribution in [3.63, 3.8) is 0 Å². The number of nitrogens with one attached hydrogen (secondary N) is 1. The molecule has 0 unspecified atom stereocenters. The Morgan fingerprint density at radius 2 is 2.00 bits per heavy atom. The van der Waals surface area contributed by atoms with Gasteiger partial charge in [0.1, 0.15) is 0 Å². The highest BCUT2D eigenvalue weighted by molar-refractivity contribution is 7.91. The summed E-state index contributed by atoms with van der Waals surface area (Å²) in [7, 11) is -2.87. The first-order chi connectivity index (χ1) is 8.46. The minimum atomic E-state index is -2.87. The van der Waals surface area contributed by atoms with Gasteiger partial charge in [-0.1, -0.05) is 12.1 Å². The SMILES string of the molecule is O=[N+]([O-])c1ccc(CN[C@@H]2CCS(=O)(=O)C2)cc1. The summed E-state index contributed by atoms with van der Waals surface area (Å²) in [5, 5.41) is 13.6. The van der Waals surface area contributed by atoms with E-state index in [0.717, 1.165) is 5.56 Å². The van der Waals surface area contributed by atoms with E-state index in [2.05, 4.69) is 5.32 Å². The molecule has 1 saturated heterocycles. The summed E-state index contributed by atoms with van der Waals surface area (Å²) in [6.07, 6.45) is 0.634. The molecule has 1 atom stereocenters. The molecule has 0 spiro atoms. The number of nitro benzene ring substituents is 1. The number of sulfone groups is 1. The minimum absolute atomic E-state index is 0.00908. The predicted octanol–water partition coefficient (Wildman–Crippen LogP) is 0.872. The molecular weight excluding hydrogens is 256 g/mol. The summed E-state index contributed by atoms with van der Waals surface area (Å²) in [4.78, 5) is 10.0. The van der Waals surface area contributed by atoms with Crippen molar-refractivity contribution >= 4 is 15.5 Å². The average Bonchev–Trinajstić information content (AvgIpc) is 2.67. The van der Waals surface area contributed by atoms with Crippen molar-refractivity contribution in [3.8, 4) is 0 Å². The molecule has 0 radical (unpaired) electrons. The second-order valence-corrected chi connectivity index (χ2v) is 6.63. The van der Waals surface area contributed by atoms with E-state index in [4.69, 9.17) is 0 Å². The van der Waals surface area contributed by atoms with Gasteiger partial charge in [0.2, 0.25) is 0 Å². The van der Waals surface area contributed by atoms with Crippen molar-refractivity contribution in [2.75, 3.05) is 11.5 Å². The highest BCUT2D eigenvalue weighted by atomic mass is 32.2. The van der Waals surface area contributed by atoms with E-state index in [-0.39, 0.29) is 23.2 Å². The van der Waals surface area contributed by atoms with E-state index in [0.29, 0.717) is 13.0 Å². The van der Waals surface area contributed by atoms with E-state index in [1.165, 1.54) is 12.1 Å². The number of nitrogens with zero attached hydrogens (tertiary/aromatic N) is 1. The fourth-order valence-corrected chi connectivity index (χ4v) is 3.66. The zero-order valence-corrected chi connectivity index (χ0v) is 10.5. The van der Waals surface area contributed by atoms with Gasteiger partial charge in [0.15, 0.2) is 9.84 Å². The zero-order chi connectivity index (χ0) is 13.2. The number of non-ortho nitro benzene ring substituents is 1. The van der Waals surface area contributed by atoms with Gasteiger partial charge in [-0.2, -0.15) is 0 Å². The third kappa shape index (κ3) is 3.27. The van der Waals surface area contributed by atoms with Crippen molar-refractivity contribution in [2.45, 2.75) is 19.0 Å². The van der Waals surface area contributed by atoms with Crippen LogP contribution in [-0.2, 0) is 16.4 Å². The second-order valence-electron chi connectivity index (χ2n) is 4.40. The molecule has 1 aromatic carbocycles. The molecule has 2 rings (SSSR count). The lowest BCUT2D eigenvalue weighted by molar-refractivity contribution is -0.384. The first-order valence-corrected chi connectivity index (χ1v) is 7.45. The summed E-state index contributed by atoms with van der Waals surface area (Å²) in [6.45, 7) is 0.526. The summed E-state index contributed by atoms with van der Waals surface area (Å²) < 4.78 is 22.5. The normalized spacial score (nSPS) is 21.9. The smallest absolute Gasteiger partial charge is 0.269 e. The fraction of sp³-hybridized carbons (Fsp3) is 0.455. The lowest BCUT2D eigenvalue weighted by atomic mass is 10.2. The molecule has 98 valence electrons. The molecule has 1 aromatic rings. The van der Waals surface area contributed by atoms with Crippen molar-refractivity contribution in [1.82, 2.24) is 5.32 Å². The van der Waals surface area contributed by atoms with Crippen LogP contribution >= 0.6 is 0 Å². The highest BCUT2D eigenvalue weighted by Crippen LogP contribution is 2.14. The average molecular weight is 270 g/mol. The lowest BCUT2D eigenvalue weighted by Crippen LogP contribution is -2.29. The fourth-order valence-electron chi connectivity index (χ4n) is 1.95. The van der Waals surface area contributed by atoms with Gasteiger partial charge in [0.05, 0.1) is 16.4 Å². The third-order valence-electron chi connectivity index (χ3n) is 2.97. The van der Waals surface area contributed by atoms with Crippen LogP contribution in [0.1, 0.15) is 12.0 Å². The second kappa shape index (κ2) is 5.03. The van der Waals surface area contributed by atoms with E-state index in [1.807, 2.05) is 0 Å². The minimum Gasteiger partial charge on any atom is -0.309 e. The Bertz CT molecular complexity index is 539. The van der Waals surface area contributed by atoms with Crippen LogP contribution in [0.15, 0.2) is 24.3 Å². The van der Waals surface area contributed by atoms with Crippen LogP contribution in [0.2, 0.25) is 0 Å². The standard InChI is InChI=1S/C11H14N2O4S/c14-13(15)11-3-1-9(2-4-11)7-12-10-5-6-18(16,17)8-10/h1-4,10,12H,5-8H2/t10-/m1/s1. The molecule has 1 aliphatic heterocycles. The third-order valence-corrected chi connectivity index (χ3v) is 4.74. The van der Waals surface area contributed by atoms with Gasteiger partial charge in [-0.15, -0.1) is 0 Å². The van der Waals surface area contributed by atoms with Crippen LogP contribution < -0.4 is 5.32 Å². The maximum Gasteiger partial charge on any atom is 0.269 e. The Morgan fingerprint density at radius 1 is 1.33 bits per heavy atom. The Labute approximate surface area is 105 Å². The van der Waals surface area contributed by atoms with Gasteiger partial charge in [0.25, 0.3) is 5.69 Å². The van der Waals surface area contributed by atoms with Crippen LogP contribution in [0.5, 0.6) is 0 Å². The van der Waals surface area contributed by atoms with Crippen LogP contribution in [0.3, 0.4) is 0 Å². The van der Waals surface area contributed by atoms with Gasteiger partial charge in [-0.05, 0) is 12.0 Å². The zero-order valence-electron chi connectivity index (χ0n) is 9.70. The molecule has 0 aromatic heterocycles. The number of nitro groups is 1. The Morgan fingerprint density at radius 3 is 2.50 bits per heavy atom. The Hall–Kier alpha value is -1.47. The quantitative estimate of drug-likeness (QED) is 0.647. The summed E-state index contributed by atoms with van der Waals surface area (Å²) in [6, 6.07) is 6.23. The largest absolute Gasteiger partial charge is 0.309 e. The predicted molar refractivity (Wildman–Crippen MR) is 67.0 cm³/mol. The highest BCUT2D eigenvalue weighted by Gasteiger charge is 2.27. The van der Waals surface area contributed by atoms with Gasteiger partial charge in [-0.25, -0.2) is 8.42 Å². The van der Waals surface area contributed by atoms with E-state index < -0.39 is 14.8 Å². The van der Waals surface area contributed by atoms with Gasteiger partial charge in [-0.3, -0.25) is 10.1 Å². The molecule has 1 heterocycles. The maximum atomic E-state index is 11.3. The van der Waals surface area contributed by atoms with Crippen molar-refractivity contribution in [1.29, 1.82) is 0 Å². The molecule has 1 N–H and O–H groups in total. The molecule has 1 aliphatic rings. The first kappa shape index (κ1) is 13.0. The van der Waals surface area contributed by atoms with Gasteiger partial charge < -0.3 is 5.32 Å². The molecule has 18 heavy (non-hydrogen) atoms. The van der Waals surface area contributed by atoms with Crippen LogP contribution in [-0.4, -0.2) is 30.9 Å². The van der Waals surface area contributed by atoms with Crippen molar-refractivity contribution in [3.05, 3.63) is 39.9 Å². The first-order valence-electron chi connectivity index (χ1n) is 5.63. The molecule has 0 saturated carbocycles. The summed E-state index contributed by atoms with van der Waals surface area (Å²) in [5.41, 5.74) is 0.965. The topological polar surface area (TPSA) is 89.3 Å². The molecule has 7 heteroatoms. The molecule has 6 nitrogen and oxygen atoms in total. The summed E-state index contributed by atoms with van der Waals surface area (Å²) in [5.74, 6) is 0.422.